The average molecular weight is 309 g/mol. The number of aliphatic hydroxyl groups is 1. The Balaban J connectivity index is 2.16. The highest BCUT2D eigenvalue weighted by atomic mass is 35.5. The van der Waals surface area contributed by atoms with Gasteiger partial charge in [-0.15, -0.1) is 0 Å². The minimum absolute atomic E-state index is 0.0417. The van der Waals surface area contributed by atoms with E-state index in [1.165, 1.54) is 0 Å². The third-order valence-electron chi connectivity index (χ3n) is 4.18. The van der Waals surface area contributed by atoms with Crippen molar-refractivity contribution in [2.45, 2.75) is 24.9 Å². The number of benzene rings is 2. The van der Waals surface area contributed by atoms with Gasteiger partial charge in [-0.05, 0) is 23.6 Å². The molecular formula is C16H14Cl2O2. The standard InChI is InChI=1S/C16H14Cl2O2/c1-16(10-5-3-2-4-6-10)8-9-7-11(19)13(17)14(18)12(9)15(16)20/h2-7,15,19-20H,8H2,1H3. The zero-order chi connectivity index (χ0) is 14.5. The van der Waals surface area contributed by atoms with Crippen LogP contribution in [0.5, 0.6) is 5.75 Å². The van der Waals surface area contributed by atoms with Gasteiger partial charge < -0.3 is 10.2 Å². The molecule has 0 heterocycles. The molecule has 2 nitrogen and oxygen atoms in total. The molecule has 4 heteroatoms. The largest absolute Gasteiger partial charge is 0.506 e. The van der Waals surface area contributed by atoms with Crippen LogP contribution < -0.4 is 0 Å². The van der Waals surface area contributed by atoms with E-state index in [1.807, 2.05) is 37.3 Å². The predicted octanol–water partition coefficient (Wildman–Crippen LogP) is 4.25. The molecule has 0 bridgehead atoms. The molecule has 0 saturated heterocycles. The summed E-state index contributed by atoms with van der Waals surface area (Å²) in [5.74, 6) is -0.0417. The van der Waals surface area contributed by atoms with Crippen molar-refractivity contribution in [1.29, 1.82) is 0 Å². The summed E-state index contributed by atoms with van der Waals surface area (Å²) in [5.41, 5.74) is 2.04. The Morgan fingerprint density at radius 2 is 1.80 bits per heavy atom. The normalized spacial score (nSPS) is 24.7. The van der Waals surface area contributed by atoms with Crippen LogP contribution >= 0.6 is 23.2 Å². The van der Waals surface area contributed by atoms with Crippen LogP contribution in [0.3, 0.4) is 0 Å². The highest BCUT2D eigenvalue weighted by Gasteiger charge is 2.44. The van der Waals surface area contributed by atoms with Gasteiger partial charge in [-0.2, -0.15) is 0 Å². The highest BCUT2D eigenvalue weighted by Crippen LogP contribution is 2.52. The number of rotatable bonds is 1. The second-order valence-electron chi connectivity index (χ2n) is 5.46. The molecule has 2 aromatic carbocycles. The molecule has 1 aliphatic rings. The molecule has 0 radical (unpaired) electrons. The summed E-state index contributed by atoms with van der Waals surface area (Å²) in [5, 5.41) is 20.9. The third kappa shape index (κ3) is 1.83. The van der Waals surface area contributed by atoms with Crippen LogP contribution in [0.15, 0.2) is 36.4 Å². The van der Waals surface area contributed by atoms with Gasteiger partial charge in [0.25, 0.3) is 0 Å². The molecule has 0 aliphatic heterocycles. The minimum Gasteiger partial charge on any atom is -0.506 e. The Morgan fingerprint density at radius 1 is 1.15 bits per heavy atom. The van der Waals surface area contributed by atoms with Crippen LogP contribution in [0.4, 0.5) is 0 Å². The van der Waals surface area contributed by atoms with Crippen molar-refractivity contribution in [2.24, 2.45) is 0 Å². The average Bonchev–Trinajstić information content (AvgIpc) is 2.70. The van der Waals surface area contributed by atoms with Crippen molar-refractivity contribution in [2.75, 3.05) is 0 Å². The minimum atomic E-state index is -0.745. The Kier molecular flexibility index (Phi) is 3.20. The van der Waals surface area contributed by atoms with Crippen molar-refractivity contribution in [3.05, 3.63) is 63.1 Å². The van der Waals surface area contributed by atoms with E-state index in [0.29, 0.717) is 12.0 Å². The number of halogens is 2. The first-order valence-electron chi connectivity index (χ1n) is 6.38. The quantitative estimate of drug-likeness (QED) is 0.827. The zero-order valence-electron chi connectivity index (χ0n) is 10.9. The Hall–Kier alpha value is -1.22. The molecule has 0 amide bonds. The molecule has 3 rings (SSSR count). The van der Waals surface area contributed by atoms with E-state index in [4.69, 9.17) is 23.2 Å². The Bertz CT molecular complexity index is 670. The van der Waals surface area contributed by atoms with E-state index in [2.05, 4.69) is 0 Å². The lowest BCUT2D eigenvalue weighted by molar-refractivity contribution is 0.105. The van der Waals surface area contributed by atoms with Gasteiger partial charge in [-0.1, -0.05) is 60.5 Å². The maximum absolute atomic E-state index is 10.7. The highest BCUT2D eigenvalue weighted by molar-refractivity contribution is 6.43. The molecule has 0 aromatic heterocycles. The van der Waals surface area contributed by atoms with Gasteiger partial charge in [0, 0.05) is 11.0 Å². The fraction of sp³-hybridized carbons (Fsp3) is 0.250. The lowest BCUT2D eigenvalue weighted by Crippen LogP contribution is -2.27. The maximum atomic E-state index is 10.7. The van der Waals surface area contributed by atoms with E-state index < -0.39 is 11.5 Å². The van der Waals surface area contributed by atoms with E-state index in [0.717, 1.165) is 11.1 Å². The molecule has 0 saturated carbocycles. The topological polar surface area (TPSA) is 40.5 Å². The van der Waals surface area contributed by atoms with Gasteiger partial charge in [0.2, 0.25) is 0 Å². The van der Waals surface area contributed by atoms with Crippen LogP contribution in [-0.4, -0.2) is 10.2 Å². The fourth-order valence-corrected chi connectivity index (χ4v) is 3.49. The van der Waals surface area contributed by atoms with Crippen LogP contribution in [0.2, 0.25) is 10.0 Å². The van der Waals surface area contributed by atoms with Crippen molar-refractivity contribution in [3.8, 4) is 5.75 Å². The monoisotopic (exact) mass is 308 g/mol. The molecule has 2 aromatic rings. The fourth-order valence-electron chi connectivity index (χ4n) is 3.01. The smallest absolute Gasteiger partial charge is 0.135 e. The van der Waals surface area contributed by atoms with Crippen molar-refractivity contribution in [1.82, 2.24) is 0 Å². The number of hydrogen-bond acceptors (Lipinski definition) is 2. The first-order valence-corrected chi connectivity index (χ1v) is 7.14. The van der Waals surface area contributed by atoms with Gasteiger partial charge >= 0.3 is 0 Å². The van der Waals surface area contributed by atoms with Crippen LogP contribution in [0.25, 0.3) is 0 Å². The molecule has 2 N–H and O–H groups in total. The summed E-state index contributed by atoms with van der Waals surface area (Å²) in [6.45, 7) is 1.99. The Labute approximate surface area is 127 Å². The molecule has 0 fully saturated rings. The van der Waals surface area contributed by atoms with E-state index in [1.54, 1.807) is 6.07 Å². The SMILES string of the molecule is CC1(c2ccccc2)Cc2cc(O)c(Cl)c(Cl)c2C1O. The van der Waals surface area contributed by atoms with E-state index in [9.17, 15) is 10.2 Å². The van der Waals surface area contributed by atoms with Crippen molar-refractivity contribution < 1.29 is 10.2 Å². The number of phenols is 1. The van der Waals surface area contributed by atoms with Gasteiger partial charge in [0.1, 0.15) is 10.8 Å². The molecule has 2 unspecified atom stereocenters. The van der Waals surface area contributed by atoms with Crippen LogP contribution in [0, 0.1) is 0 Å². The summed E-state index contributed by atoms with van der Waals surface area (Å²) < 4.78 is 0. The second kappa shape index (κ2) is 4.66. The molecule has 1 aliphatic carbocycles. The van der Waals surface area contributed by atoms with Crippen LogP contribution in [0.1, 0.15) is 29.7 Å². The van der Waals surface area contributed by atoms with E-state index in [-0.39, 0.29) is 15.8 Å². The van der Waals surface area contributed by atoms with Crippen molar-refractivity contribution in [3.63, 3.8) is 0 Å². The lowest BCUT2D eigenvalue weighted by Gasteiger charge is -2.29. The summed E-state index contributed by atoms with van der Waals surface area (Å²) in [7, 11) is 0. The molecule has 2 atom stereocenters. The molecular weight excluding hydrogens is 295 g/mol. The van der Waals surface area contributed by atoms with Gasteiger partial charge in [0.05, 0.1) is 11.1 Å². The number of aromatic hydroxyl groups is 1. The van der Waals surface area contributed by atoms with Crippen molar-refractivity contribution >= 4 is 23.2 Å². The molecule has 104 valence electrons. The summed E-state index contributed by atoms with van der Waals surface area (Å²) in [6.07, 6.45) is -0.136. The summed E-state index contributed by atoms with van der Waals surface area (Å²) >= 11 is 12.2. The van der Waals surface area contributed by atoms with Gasteiger partial charge in [0.15, 0.2) is 0 Å². The number of fused-ring (bicyclic) bond motifs is 1. The third-order valence-corrected chi connectivity index (χ3v) is 5.05. The van der Waals surface area contributed by atoms with Gasteiger partial charge in [-0.25, -0.2) is 0 Å². The van der Waals surface area contributed by atoms with E-state index >= 15 is 0 Å². The summed E-state index contributed by atoms with van der Waals surface area (Å²) in [4.78, 5) is 0. The first kappa shape index (κ1) is 13.7. The lowest BCUT2D eigenvalue weighted by atomic mass is 9.78. The van der Waals surface area contributed by atoms with Gasteiger partial charge in [-0.3, -0.25) is 0 Å². The maximum Gasteiger partial charge on any atom is 0.135 e. The zero-order valence-corrected chi connectivity index (χ0v) is 12.4. The predicted molar refractivity (Wildman–Crippen MR) is 80.6 cm³/mol. The number of phenolic OH excluding ortho intramolecular Hbond substituents is 1. The summed E-state index contributed by atoms with van der Waals surface area (Å²) in [6, 6.07) is 11.4. The first-order chi connectivity index (χ1) is 9.45. The second-order valence-corrected chi connectivity index (χ2v) is 6.22. The molecule has 0 spiro atoms. The number of hydrogen-bond donors (Lipinski definition) is 2. The Morgan fingerprint density at radius 3 is 2.45 bits per heavy atom. The number of aliphatic hydroxyl groups excluding tert-OH is 1. The molecule has 20 heavy (non-hydrogen) atoms. The van der Waals surface area contributed by atoms with Crippen LogP contribution in [-0.2, 0) is 11.8 Å².